The summed E-state index contributed by atoms with van der Waals surface area (Å²) in [5.41, 5.74) is 2.56. The van der Waals surface area contributed by atoms with E-state index in [4.69, 9.17) is 9.26 Å². The van der Waals surface area contributed by atoms with Crippen molar-refractivity contribution in [1.29, 1.82) is 0 Å². The molecule has 8 heteroatoms. The fraction of sp³-hybridized carbons (Fsp3) is 0.273. The molecule has 1 heterocycles. The molecule has 0 saturated heterocycles. The Labute approximate surface area is 173 Å². The first-order valence-corrected chi connectivity index (χ1v) is 9.59. The third-order valence-electron chi connectivity index (χ3n) is 4.24. The van der Waals surface area contributed by atoms with Crippen LogP contribution in [0.2, 0.25) is 0 Å². The van der Waals surface area contributed by atoms with Gasteiger partial charge in [-0.15, -0.1) is 0 Å². The number of rotatable bonds is 4. The molecule has 3 aromatic rings. The van der Waals surface area contributed by atoms with Gasteiger partial charge in [-0.2, -0.15) is 4.98 Å². The molecule has 0 N–H and O–H groups in total. The second-order valence-corrected chi connectivity index (χ2v) is 6.63. The lowest BCUT2D eigenvalue weighted by Gasteiger charge is -2.24. The first kappa shape index (κ1) is 21.2. The predicted octanol–water partition coefficient (Wildman–Crippen LogP) is 4.39. The van der Waals surface area contributed by atoms with Crippen LogP contribution in [0.15, 0.2) is 59.4 Å². The molecule has 0 atom stereocenters. The van der Waals surface area contributed by atoms with Gasteiger partial charge in [-0.25, -0.2) is 9.18 Å². The Hall–Kier alpha value is -3.55. The van der Waals surface area contributed by atoms with E-state index in [2.05, 4.69) is 10.1 Å². The van der Waals surface area contributed by atoms with Crippen LogP contribution in [0.25, 0.3) is 11.4 Å². The molecule has 0 bridgehead atoms. The fourth-order valence-electron chi connectivity index (χ4n) is 2.58. The largest absolute Gasteiger partial charge is 0.459 e. The van der Waals surface area contributed by atoms with Crippen molar-refractivity contribution in [2.75, 3.05) is 11.5 Å². The van der Waals surface area contributed by atoms with Gasteiger partial charge in [0.25, 0.3) is 0 Å². The van der Waals surface area contributed by atoms with E-state index in [0.29, 0.717) is 22.8 Å². The number of hydrogen-bond acceptors (Lipinski definition) is 6. The molecule has 2 aromatic carbocycles. The molecule has 7 nitrogen and oxygen atoms in total. The Morgan fingerprint density at radius 2 is 1.90 bits per heavy atom. The number of carbonyl (C=O) groups is 2. The molecule has 1 fully saturated rings. The fourth-order valence-corrected chi connectivity index (χ4v) is 2.58. The Balaban J connectivity index is 0.000000572. The molecule has 1 aliphatic rings. The average Bonchev–Trinajstić information content (AvgIpc) is 3.34. The van der Waals surface area contributed by atoms with Gasteiger partial charge in [0.1, 0.15) is 6.17 Å². The van der Waals surface area contributed by atoms with E-state index >= 15 is 0 Å². The Kier molecular flexibility index (Phi) is 6.90. The summed E-state index contributed by atoms with van der Waals surface area (Å²) in [7, 11) is 0. The van der Waals surface area contributed by atoms with Crippen LogP contribution >= 0.6 is 0 Å². The monoisotopic (exact) mass is 411 g/mol. The molecule has 4 rings (SSSR count). The summed E-state index contributed by atoms with van der Waals surface area (Å²) in [6.45, 7) is 3.62. The first-order valence-electron chi connectivity index (χ1n) is 9.59. The highest BCUT2D eigenvalue weighted by molar-refractivity contribution is 6.40. The molecule has 30 heavy (non-hydrogen) atoms. The molecule has 1 amide bonds. The molecule has 1 aromatic heterocycles. The number of para-hydroxylation sites is 1. The Morgan fingerprint density at radius 3 is 2.47 bits per heavy atom. The number of ether oxygens (including phenoxy) is 1. The quantitative estimate of drug-likeness (QED) is 0.468. The van der Waals surface area contributed by atoms with Crippen LogP contribution in [0.3, 0.4) is 0 Å². The summed E-state index contributed by atoms with van der Waals surface area (Å²) >= 11 is 0. The van der Waals surface area contributed by atoms with Gasteiger partial charge in [0, 0.05) is 11.3 Å². The van der Waals surface area contributed by atoms with E-state index in [1.807, 2.05) is 25.1 Å². The van der Waals surface area contributed by atoms with E-state index in [0.717, 1.165) is 18.4 Å². The summed E-state index contributed by atoms with van der Waals surface area (Å²) in [4.78, 5) is 30.2. The van der Waals surface area contributed by atoms with Crippen LogP contribution in [0.5, 0.6) is 0 Å². The van der Waals surface area contributed by atoms with Crippen molar-refractivity contribution in [2.24, 2.45) is 0 Å². The van der Waals surface area contributed by atoms with Gasteiger partial charge < -0.3 is 9.26 Å². The van der Waals surface area contributed by atoms with Crippen molar-refractivity contribution >= 4 is 23.3 Å². The van der Waals surface area contributed by atoms with Gasteiger partial charge in [0.2, 0.25) is 12.2 Å². The summed E-state index contributed by atoms with van der Waals surface area (Å²) < 4.78 is 20.8. The number of alkyl halides is 1. The lowest BCUT2D eigenvalue weighted by Crippen LogP contribution is -2.34. The molecule has 1 saturated carbocycles. The minimum absolute atomic E-state index is 0.120. The zero-order valence-electron chi connectivity index (χ0n) is 16.7. The van der Waals surface area contributed by atoms with E-state index < -0.39 is 18.0 Å². The number of hydrogen-bond donors (Lipinski definition) is 0. The number of esters is 1. The second-order valence-electron chi connectivity index (χ2n) is 6.63. The minimum Gasteiger partial charge on any atom is -0.459 e. The second kappa shape index (κ2) is 9.78. The van der Waals surface area contributed by atoms with Gasteiger partial charge in [-0.3, -0.25) is 9.69 Å². The molecule has 156 valence electrons. The van der Waals surface area contributed by atoms with Crippen LogP contribution in [0.1, 0.15) is 25.3 Å². The molecule has 0 radical (unpaired) electrons. The van der Waals surface area contributed by atoms with Crippen LogP contribution in [-0.4, -0.2) is 34.8 Å². The predicted molar refractivity (Wildman–Crippen MR) is 109 cm³/mol. The molecular weight excluding hydrogens is 389 g/mol. The first-order chi connectivity index (χ1) is 14.5. The summed E-state index contributed by atoms with van der Waals surface area (Å²) in [6, 6.07) is 14.3. The maximum atomic E-state index is 12.8. The Bertz CT molecular complexity index is 989. The number of carbonyl (C=O) groups excluding carboxylic acids is 2. The summed E-state index contributed by atoms with van der Waals surface area (Å²) in [5, 5.41) is 3.82. The van der Waals surface area contributed by atoms with E-state index in [9.17, 15) is 14.0 Å². The van der Waals surface area contributed by atoms with Crippen molar-refractivity contribution in [3.05, 3.63) is 60.5 Å². The maximum Gasteiger partial charge on any atom is 0.397 e. The van der Waals surface area contributed by atoms with Gasteiger partial charge >= 0.3 is 11.9 Å². The number of benzene rings is 2. The highest BCUT2D eigenvalue weighted by Gasteiger charge is 2.27. The lowest BCUT2D eigenvalue weighted by molar-refractivity contribution is -0.152. The number of halogens is 1. The molecule has 0 spiro atoms. The standard InChI is InChI=1S/C19H17N3O4.C3H5F/c1-3-25-19(24)18(23)22(15-7-5-4-6-8-15)16-11-14(10-9-13(16)2)17-20-12-26-21-17;4-3-1-2-3/h4-12H,3H2,1-2H3;3H,1-2H2. The van der Waals surface area contributed by atoms with Crippen molar-refractivity contribution in [3.63, 3.8) is 0 Å². The number of aryl methyl sites for hydroxylation is 1. The van der Waals surface area contributed by atoms with Gasteiger partial charge in [-0.1, -0.05) is 35.5 Å². The lowest BCUT2D eigenvalue weighted by atomic mass is 10.1. The van der Waals surface area contributed by atoms with E-state index in [1.165, 1.54) is 11.3 Å². The summed E-state index contributed by atoms with van der Waals surface area (Å²) in [5.74, 6) is -1.30. The van der Waals surface area contributed by atoms with Gasteiger partial charge in [0.15, 0.2) is 0 Å². The van der Waals surface area contributed by atoms with Crippen molar-refractivity contribution in [2.45, 2.75) is 32.9 Å². The van der Waals surface area contributed by atoms with Crippen LogP contribution in [-0.2, 0) is 14.3 Å². The third kappa shape index (κ3) is 5.28. The van der Waals surface area contributed by atoms with Gasteiger partial charge in [0.05, 0.1) is 12.3 Å². The van der Waals surface area contributed by atoms with Crippen molar-refractivity contribution < 1.29 is 23.2 Å². The Morgan fingerprint density at radius 1 is 1.20 bits per heavy atom. The smallest absolute Gasteiger partial charge is 0.397 e. The van der Waals surface area contributed by atoms with Crippen molar-refractivity contribution in [1.82, 2.24) is 10.1 Å². The normalized spacial score (nSPS) is 12.5. The van der Waals surface area contributed by atoms with Crippen LogP contribution < -0.4 is 4.90 Å². The highest BCUT2D eigenvalue weighted by atomic mass is 19.1. The van der Waals surface area contributed by atoms with E-state index in [-0.39, 0.29) is 6.61 Å². The molecule has 0 aliphatic heterocycles. The zero-order chi connectivity index (χ0) is 21.5. The summed E-state index contributed by atoms with van der Waals surface area (Å²) in [6.07, 6.45) is 2.45. The number of anilines is 2. The van der Waals surface area contributed by atoms with E-state index in [1.54, 1.807) is 37.3 Å². The number of nitrogens with zero attached hydrogens (tertiary/aromatic N) is 3. The van der Waals surface area contributed by atoms with Crippen molar-refractivity contribution in [3.8, 4) is 11.4 Å². The number of amides is 1. The number of aromatic nitrogens is 2. The zero-order valence-corrected chi connectivity index (χ0v) is 16.7. The van der Waals surface area contributed by atoms with Gasteiger partial charge in [-0.05, 0) is 50.5 Å². The van der Waals surface area contributed by atoms with Crippen LogP contribution in [0, 0.1) is 6.92 Å². The molecule has 0 unspecified atom stereocenters. The topological polar surface area (TPSA) is 85.5 Å². The molecular formula is C22H22FN3O4. The minimum atomic E-state index is -0.916. The molecule has 1 aliphatic carbocycles. The maximum absolute atomic E-state index is 12.8. The SMILES string of the molecule is CCOC(=O)C(=O)N(c1ccccc1)c1cc(-c2ncon2)ccc1C.FC1CC1. The average molecular weight is 411 g/mol. The van der Waals surface area contributed by atoms with Crippen LogP contribution in [0.4, 0.5) is 15.8 Å². The highest BCUT2D eigenvalue weighted by Crippen LogP contribution is 2.32. The third-order valence-corrected chi connectivity index (χ3v) is 4.24.